The Bertz CT molecular complexity index is 511. The van der Waals surface area contributed by atoms with E-state index in [1.165, 1.54) is 9.87 Å². The van der Waals surface area contributed by atoms with Gasteiger partial charge >= 0.3 is 10.2 Å². The van der Waals surface area contributed by atoms with E-state index in [1.54, 1.807) is 6.92 Å². The molecule has 2 rings (SSSR count). The van der Waals surface area contributed by atoms with Gasteiger partial charge in [0.15, 0.2) is 0 Å². The zero-order chi connectivity index (χ0) is 12.5. The molecule has 1 N–H and O–H groups in total. The molecule has 0 aliphatic carbocycles. The van der Waals surface area contributed by atoms with Crippen LogP contribution in [0, 0.1) is 0 Å². The molecular formula is C12H18N2O2S. The molecule has 0 fully saturated rings. The first kappa shape index (κ1) is 12.4. The summed E-state index contributed by atoms with van der Waals surface area (Å²) in [5.74, 6) is 0. The first-order valence-corrected chi connectivity index (χ1v) is 7.41. The van der Waals surface area contributed by atoms with Crippen molar-refractivity contribution in [2.24, 2.45) is 0 Å². The van der Waals surface area contributed by atoms with E-state index in [0.717, 1.165) is 24.1 Å². The molecule has 4 nitrogen and oxygen atoms in total. The molecule has 0 amide bonds. The molecule has 0 saturated heterocycles. The normalized spacial score (nSPS) is 15.1. The lowest BCUT2D eigenvalue weighted by atomic mass is 10.1. The van der Waals surface area contributed by atoms with Crippen molar-refractivity contribution < 1.29 is 8.42 Å². The summed E-state index contributed by atoms with van der Waals surface area (Å²) in [7, 11) is -3.36. The van der Waals surface area contributed by atoms with Crippen molar-refractivity contribution in [2.45, 2.75) is 26.7 Å². The summed E-state index contributed by atoms with van der Waals surface area (Å²) < 4.78 is 27.9. The number of nitrogens with zero attached hydrogens (tertiary/aromatic N) is 1. The van der Waals surface area contributed by atoms with Gasteiger partial charge in [-0.1, -0.05) is 26.0 Å². The molecule has 0 atom stereocenters. The summed E-state index contributed by atoms with van der Waals surface area (Å²) >= 11 is 0. The summed E-state index contributed by atoms with van der Waals surface area (Å²) in [6.45, 7) is 4.84. The van der Waals surface area contributed by atoms with Crippen molar-refractivity contribution in [1.82, 2.24) is 4.72 Å². The average Bonchev–Trinajstić information content (AvgIpc) is 2.72. The summed E-state index contributed by atoms with van der Waals surface area (Å²) in [5, 5.41) is 0. The van der Waals surface area contributed by atoms with Gasteiger partial charge in [-0.05, 0) is 30.0 Å². The van der Waals surface area contributed by atoms with Gasteiger partial charge in [-0.15, -0.1) is 0 Å². The van der Waals surface area contributed by atoms with Crippen LogP contribution in [0.15, 0.2) is 18.2 Å². The number of anilines is 1. The minimum atomic E-state index is -3.36. The minimum Gasteiger partial charge on any atom is -0.257 e. The highest BCUT2D eigenvalue weighted by Crippen LogP contribution is 2.30. The van der Waals surface area contributed by atoms with E-state index >= 15 is 0 Å². The lowest BCUT2D eigenvalue weighted by molar-refractivity contribution is 0.580. The molecule has 1 aliphatic rings. The number of aryl methyl sites for hydroxylation is 1. The number of hydrogen-bond acceptors (Lipinski definition) is 2. The van der Waals surface area contributed by atoms with Gasteiger partial charge in [0.05, 0.1) is 5.69 Å². The largest absolute Gasteiger partial charge is 0.301 e. The smallest absolute Gasteiger partial charge is 0.257 e. The van der Waals surface area contributed by atoms with Crippen LogP contribution in [0.5, 0.6) is 0 Å². The second kappa shape index (κ2) is 4.66. The van der Waals surface area contributed by atoms with Crippen molar-refractivity contribution >= 4 is 15.9 Å². The van der Waals surface area contributed by atoms with Gasteiger partial charge in [0, 0.05) is 13.1 Å². The summed E-state index contributed by atoms with van der Waals surface area (Å²) in [5.41, 5.74) is 3.21. The molecule has 17 heavy (non-hydrogen) atoms. The molecule has 0 unspecified atom stereocenters. The Morgan fingerprint density at radius 1 is 1.35 bits per heavy atom. The van der Waals surface area contributed by atoms with Gasteiger partial charge in [-0.2, -0.15) is 13.1 Å². The van der Waals surface area contributed by atoms with Crippen molar-refractivity contribution in [3.8, 4) is 0 Å². The second-order valence-electron chi connectivity index (χ2n) is 4.14. The molecule has 0 radical (unpaired) electrons. The third-order valence-corrected chi connectivity index (χ3v) is 4.63. The first-order chi connectivity index (χ1) is 8.08. The Balaban J connectivity index is 2.35. The molecule has 1 aromatic carbocycles. The topological polar surface area (TPSA) is 49.4 Å². The molecule has 1 heterocycles. The van der Waals surface area contributed by atoms with Gasteiger partial charge in [0.25, 0.3) is 0 Å². The standard InChI is InChI=1S/C12H18N2O2S/c1-3-10-5-6-12-11(9-10)7-8-14(12)17(15,16)13-4-2/h5-6,9,13H,3-4,7-8H2,1-2H3. The van der Waals surface area contributed by atoms with E-state index in [-0.39, 0.29) is 0 Å². The SMILES string of the molecule is CCNS(=O)(=O)N1CCc2cc(CC)ccc21. The van der Waals surface area contributed by atoms with Gasteiger partial charge in [-0.25, -0.2) is 0 Å². The Hall–Kier alpha value is -1.07. The fourth-order valence-electron chi connectivity index (χ4n) is 2.15. The number of hydrogen-bond donors (Lipinski definition) is 1. The quantitative estimate of drug-likeness (QED) is 0.884. The van der Waals surface area contributed by atoms with Gasteiger partial charge < -0.3 is 0 Å². The third-order valence-electron chi connectivity index (χ3n) is 3.02. The molecule has 1 aliphatic heterocycles. The molecule has 5 heteroatoms. The Kier molecular flexibility index (Phi) is 3.40. The lowest BCUT2D eigenvalue weighted by Gasteiger charge is -2.19. The molecule has 1 aromatic rings. The van der Waals surface area contributed by atoms with Crippen LogP contribution in [0.25, 0.3) is 0 Å². The molecule has 0 bridgehead atoms. The fraction of sp³-hybridized carbons (Fsp3) is 0.500. The highest BCUT2D eigenvalue weighted by molar-refractivity contribution is 7.90. The van der Waals surface area contributed by atoms with E-state index in [9.17, 15) is 8.42 Å². The van der Waals surface area contributed by atoms with Crippen LogP contribution in [-0.4, -0.2) is 21.5 Å². The lowest BCUT2D eigenvalue weighted by Crippen LogP contribution is -2.39. The summed E-state index contributed by atoms with van der Waals surface area (Å²) in [6.07, 6.45) is 1.78. The summed E-state index contributed by atoms with van der Waals surface area (Å²) in [4.78, 5) is 0. The van der Waals surface area contributed by atoms with Crippen molar-refractivity contribution in [1.29, 1.82) is 0 Å². The van der Waals surface area contributed by atoms with E-state index in [0.29, 0.717) is 13.1 Å². The highest BCUT2D eigenvalue weighted by atomic mass is 32.2. The van der Waals surface area contributed by atoms with Crippen molar-refractivity contribution in [3.05, 3.63) is 29.3 Å². The first-order valence-electron chi connectivity index (χ1n) is 5.97. The van der Waals surface area contributed by atoms with Crippen LogP contribution in [0.3, 0.4) is 0 Å². The van der Waals surface area contributed by atoms with Crippen LogP contribution < -0.4 is 9.03 Å². The number of benzene rings is 1. The maximum Gasteiger partial charge on any atom is 0.301 e. The zero-order valence-corrected chi connectivity index (χ0v) is 11.0. The van der Waals surface area contributed by atoms with Crippen molar-refractivity contribution in [2.75, 3.05) is 17.4 Å². The Labute approximate surface area is 103 Å². The maximum absolute atomic E-state index is 12.0. The van der Waals surface area contributed by atoms with Gasteiger partial charge in [0.1, 0.15) is 0 Å². The molecule has 0 spiro atoms. The van der Waals surface area contributed by atoms with Crippen LogP contribution in [0.1, 0.15) is 25.0 Å². The maximum atomic E-state index is 12.0. The zero-order valence-electron chi connectivity index (χ0n) is 10.2. The van der Waals surface area contributed by atoms with Gasteiger partial charge in [-0.3, -0.25) is 4.31 Å². The Morgan fingerprint density at radius 2 is 2.12 bits per heavy atom. The number of nitrogens with one attached hydrogen (secondary N) is 1. The minimum absolute atomic E-state index is 0.418. The van der Waals surface area contributed by atoms with Gasteiger partial charge in [0.2, 0.25) is 0 Å². The van der Waals surface area contributed by atoms with Crippen LogP contribution in [-0.2, 0) is 23.1 Å². The molecule has 94 valence electrons. The summed E-state index contributed by atoms with van der Waals surface area (Å²) in [6, 6.07) is 6.02. The van der Waals surface area contributed by atoms with E-state index < -0.39 is 10.2 Å². The van der Waals surface area contributed by atoms with E-state index in [4.69, 9.17) is 0 Å². The van der Waals surface area contributed by atoms with Crippen molar-refractivity contribution in [3.63, 3.8) is 0 Å². The monoisotopic (exact) mass is 254 g/mol. The predicted octanol–water partition coefficient (Wildman–Crippen LogP) is 1.47. The molecule has 0 aromatic heterocycles. The van der Waals surface area contributed by atoms with Crippen LogP contribution in [0.4, 0.5) is 5.69 Å². The number of fused-ring (bicyclic) bond motifs is 1. The van der Waals surface area contributed by atoms with E-state index in [1.807, 2.05) is 12.1 Å². The molecular weight excluding hydrogens is 236 g/mol. The predicted molar refractivity (Wildman–Crippen MR) is 69.5 cm³/mol. The number of rotatable bonds is 4. The van der Waals surface area contributed by atoms with Crippen LogP contribution >= 0.6 is 0 Å². The Morgan fingerprint density at radius 3 is 2.76 bits per heavy atom. The average molecular weight is 254 g/mol. The second-order valence-corrected chi connectivity index (χ2v) is 5.82. The fourth-order valence-corrected chi connectivity index (χ4v) is 3.44. The third kappa shape index (κ3) is 2.30. The molecule has 0 saturated carbocycles. The van der Waals surface area contributed by atoms with E-state index in [2.05, 4.69) is 17.7 Å². The van der Waals surface area contributed by atoms with Crippen LogP contribution in [0.2, 0.25) is 0 Å². The highest BCUT2D eigenvalue weighted by Gasteiger charge is 2.28.